The van der Waals surface area contributed by atoms with E-state index in [4.69, 9.17) is 9.84 Å². The van der Waals surface area contributed by atoms with Crippen LogP contribution in [-0.4, -0.2) is 29.1 Å². The number of carboxylic acid groups (broad SMARTS) is 1. The Morgan fingerprint density at radius 3 is 2.80 bits per heavy atom. The number of benzene rings is 1. The van der Waals surface area contributed by atoms with Crippen molar-refractivity contribution in [1.82, 2.24) is 0 Å². The zero-order chi connectivity index (χ0) is 14.1. The van der Waals surface area contributed by atoms with Crippen LogP contribution in [0.1, 0.15) is 24.8 Å². The molecule has 0 radical (unpaired) electrons. The van der Waals surface area contributed by atoms with Gasteiger partial charge in [0.2, 0.25) is 0 Å². The van der Waals surface area contributed by atoms with Crippen LogP contribution in [0.25, 0.3) is 0 Å². The van der Waals surface area contributed by atoms with E-state index in [1.165, 1.54) is 12.1 Å². The van der Waals surface area contributed by atoms with Gasteiger partial charge in [0.15, 0.2) is 5.90 Å². The molecule has 1 fully saturated rings. The van der Waals surface area contributed by atoms with Gasteiger partial charge in [-0.3, -0.25) is 4.79 Å². The Bertz CT molecular complexity index is 541. The van der Waals surface area contributed by atoms with Gasteiger partial charge in [-0.15, -0.1) is 0 Å². The Morgan fingerprint density at radius 1 is 1.35 bits per heavy atom. The monoisotopic (exact) mass is 277 g/mol. The van der Waals surface area contributed by atoms with Gasteiger partial charge in [0.05, 0.1) is 12.0 Å². The standard InChI is InChI=1S/C15H16FNO3/c16-11-4-1-9(2-5-11)7-14-17-12-6-3-10(15(18)19)8-13(12)20-14/h1-2,4-5,10,12-13H,3,6-8H2,(H,18,19). The Labute approximate surface area is 116 Å². The van der Waals surface area contributed by atoms with Crippen LogP contribution >= 0.6 is 0 Å². The molecule has 3 atom stereocenters. The highest BCUT2D eigenvalue weighted by Crippen LogP contribution is 2.33. The number of hydrogen-bond acceptors (Lipinski definition) is 3. The molecule has 106 valence electrons. The molecule has 2 aliphatic rings. The van der Waals surface area contributed by atoms with Gasteiger partial charge in [-0.2, -0.15) is 0 Å². The number of halogens is 1. The minimum absolute atomic E-state index is 0.0843. The summed E-state index contributed by atoms with van der Waals surface area (Å²) >= 11 is 0. The topological polar surface area (TPSA) is 58.9 Å². The first-order valence-electron chi connectivity index (χ1n) is 6.82. The second-order valence-corrected chi connectivity index (χ2v) is 5.40. The normalized spacial score (nSPS) is 28.4. The first-order chi connectivity index (χ1) is 9.61. The van der Waals surface area contributed by atoms with Crippen molar-refractivity contribution < 1.29 is 19.0 Å². The van der Waals surface area contributed by atoms with E-state index in [2.05, 4.69) is 4.99 Å². The van der Waals surface area contributed by atoms with Gasteiger partial charge in [-0.05, 0) is 37.0 Å². The lowest BCUT2D eigenvalue weighted by Crippen LogP contribution is -2.34. The lowest BCUT2D eigenvalue weighted by atomic mass is 9.84. The van der Waals surface area contributed by atoms with Crippen molar-refractivity contribution in [2.24, 2.45) is 10.9 Å². The van der Waals surface area contributed by atoms with Crippen LogP contribution < -0.4 is 0 Å². The summed E-state index contributed by atoms with van der Waals surface area (Å²) in [5.74, 6) is -0.700. The fraction of sp³-hybridized carbons (Fsp3) is 0.467. The summed E-state index contributed by atoms with van der Waals surface area (Å²) in [6.45, 7) is 0. The highest BCUT2D eigenvalue weighted by atomic mass is 19.1. The van der Waals surface area contributed by atoms with E-state index in [0.29, 0.717) is 25.2 Å². The number of hydrogen-bond donors (Lipinski definition) is 1. The Balaban J connectivity index is 1.63. The molecule has 20 heavy (non-hydrogen) atoms. The van der Waals surface area contributed by atoms with Crippen LogP contribution in [0.4, 0.5) is 4.39 Å². The van der Waals surface area contributed by atoms with Gasteiger partial charge in [-0.1, -0.05) is 12.1 Å². The molecular weight excluding hydrogens is 261 g/mol. The highest BCUT2D eigenvalue weighted by Gasteiger charge is 2.39. The molecule has 1 aromatic rings. The van der Waals surface area contributed by atoms with Gasteiger partial charge in [0.25, 0.3) is 0 Å². The van der Waals surface area contributed by atoms with Gasteiger partial charge in [0.1, 0.15) is 11.9 Å². The second kappa shape index (κ2) is 5.23. The maximum absolute atomic E-state index is 12.8. The molecule has 3 rings (SSSR count). The lowest BCUT2D eigenvalue weighted by Gasteiger charge is -2.26. The van der Waals surface area contributed by atoms with Crippen LogP contribution in [0.5, 0.6) is 0 Å². The average Bonchev–Trinajstić information content (AvgIpc) is 2.82. The fourth-order valence-corrected chi connectivity index (χ4v) is 2.87. The van der Waals surface area contributed by atoms with Crippen molar-refractivity contribution in [1.29, 1.82) is 0 Å². The summed E-state index contributed by atoms with van der Waals surface area (Å²) in [5, 5.41) is 9.06. The van der Waals surface area contributed by atoms with E-state index in [-0.39, 0.29) is 23.9 Å². The largest absolute Gasteiger partial charge is 0.481 e. The van der Waals surface area contributed by atoms with Crippen molar-refractivity contribution in [3.63, 3.8) is 0 Å². The minimum Gasteiger partial charge on any atom is -0.481 e. The first-order valence-corrected chi connectivity index (χ1v) is 6.82. The number of aliphatic imine (C=N–C) groups is 1. The molecule has 1 aliphatic carbocycles. The van der Waals surface area contributed by atoms with E-state index in [1.807, 2.05) is 0 Å². The Morgan fingerprint density at radius 2 is 2.10 bits per heavy atom. The molecule has 0 aromatic heterocycles. The van der Waals surface area contributed by atoms with E-state index >= 15 is 0 Å². The summed E-state index contributed by atoms with van der Waals surface area (Å²) in [7, 11) is 0. The molecule has 0 saturated heterocycles. The Hall–Kier alpha value is -1.91. The van der Waals surface area contributed by atoms with Crippen molar-refractivity contribution in [3.05, 3.63) is 35.6 Å². The van der Waals surface area contributed by atoms with E-state index in [9.17, 15) is 9.18 Å². The number of ether oxygens (including phenoxy) is 1. The van der Waals surface area contributed by atoms with Crippen LogP contribution in [-0.2, 0) is 16.0 Å². The van der Waals surface area contributed by atoms with Crippen LogP contribution in [0.3, 0.4) is 0 Å². The van der Waals surface area contributed by atoms with Gasteiger partial charge in [0, 0.05) is 6.42 Å². The SMILES string of the molecule is O=C(O)C1CCC2N=C(Cc3ccc(F)cc3)OC2C1. The molecule has 0 spiro atoms. The fourth-order valence-electron chi connectivity index (χ4n) is 2.87. The van der Waals surface area contributed by atoms with E-state index in [1.54, 1.807) is 12.1 Å². The molecule has 0 amide bonds. The minimum atomic E-state index is -0.751. The molecule has 1 saturated carbocycles. The maximum Gasteiger partial charge on any atom is 0.306 e. The molecule has 1 aromatic carbocycles. The van der Waals surface area contributed by atoms with Gasteiger partial charge in [-0.25, -0.2) is 9.38 Å². The van der Waals surface area contributed by atoms with Crippen LogP contribution in [0.15, 0.2) is 29.3 Å². The van der Waals surface area contributed by atoms with Crippen molar-refractivity contribution in [2.75, 3.05) is 0 Å². The lowest BCUT2D eigenvalue weighted by molar-refractivity contribution is -0.143. The van der Waals surface area contributed by atoms with Crippen molar-refractivity contribution in [3.8, 4) is 0 Å². The summed E-state index contributed by atoms with van der Waals surface area (Å²) in [6.07, 6.45) is 2.36. The van der Waals surface area contributed by atoms with Crippen molar-refractivity contribution in [2.45, 2.75) is 37.8 Å². The first kappa shape index (κ1) is 13.1. The van der Waals surface area contributed by atoms with Gasteiger partial charge < -0.3 is 9.84 Å². The molecule has 1 heterocycles. The summed E-state index contributed by atoms with van der Waals surface area (Å²) < 4.78 is 18.6. The Kier molecular flexibility index (Phi) is 3.42. The van der Waals surface area contributed by atoms with E-state index < -0.39 is 5.97 Å². The third kappa shape index (κ3) is 2.66. The van der Waals surface area contributed by atoms with Crippen molar-refractivity contribution >= 4 is 11.9 Å². The predicted molar refractivity (Wildman–Crippen MR) is 71.2 cm³/mol. The molecular formula is C15H16FNO3. The zero-order valence-electron chi connectivity index (χ0n) is 11.0. The molecule has 3 unspecified atom stereocenters. The number of fused-ring (bicyclic) bond motifs is 1. The highest BCUT2D eigenvalue weighted by molar-refractivity contribution is 5.81. The molecule has 4 nitrogen and oxygen atoms in total. The predicted octanol–water partition coefficient (Wildman–Crippen LogP) is 2.42. The molecule has 1 N–H and O–H groups in total. The maximum atomic E-state index is 12.8. The smallest absolute Gasteiger partial charge is 0.306 e. The summed E-state index contributed by atoms with van der Waals surface area (Å²) in [5.41, 5.74) is 0.943. The number of carbonyl (C=O) groups is 1. The third-order valence-electron chi connectivity index (χ3n) is 3.97. The van der Waals surface area contributed by atoms with E-state index in [0.717, 1.165) is 12.0 Å². The number of nitrogens with zero attached hydrogens (tertiary/aromatic N) is 1. The van der Waals surface area contributed by atoms with Crippen LogP contribution in [0.2, 0.25) is 0 Å². The number of rotatable bonds is 3. The average molecular weight is 277 g/mol. The second-order valence-electron chi connectivity index (χ2n) is 5.40. The summed E-state index contributed by atoms with van der Waals surface area (Å²) in [4.78, 5) is 15.5. The van der Waals surface area contributed by atoms with Gasteiger partial charge >= 0.3 is 5.97 Å². The van der Waals surface area contributed by atoms with Crippen LogP contribution in [0, 0.1) is 11.7 Å². The number of carboxylic acids is 1. The quantitative estimate of drug-likeness (QED) is 0.923. The third-order valence-corrected chi connectivity index (χ3v) is 3.97. The molecule has 5 heteroatoms. The number of aliphatic carboxylic acids is 1. The zero-order valence-corrected chi connectivity index (χ0v) is 11.0. The molecule has 0 bridgehead atoms. The summed E-state index contributed by atoms with van der Waals surface area (Å²) in [6, 6.07) is 6.34. The molecule has 1 aliphatic heterocycles.